The van der Waals surface area contributed by atoms with E-state index in [4.69, 9.17) is 0 Å². The standard InChI is InChI=1S/C19H24F3N7O/c1-23-29-8-7-28(11-18(29)25-12-19(20,21)22)17-9-16(26-13-27-17)24-10-15(30)14-5-3-2-4-6-14/h3,5-6,9,13,15,30H,1-2,4,7-8,10-12H2,(H,24,26,27)/t15-/m0/s1. The summed E-state index contributed by atoms with van der Waals surface area (Å²) in [5.74, 6) is 1.23. The zero-order valence-corrected chi connectivity index (χ0v) is 16.4. The molecule has 0 bridgehead atoms. The lowest BCUT2D eigenvalue weighted by Gasteiger charge is -2.34. The maximum absolute atomic E-state index is 12.6. The van der Waals surface area contributed by atoms with Gasteiger partial charge in [-0.15, -0.1) is 0 Å². The van der Waals surface area contributed by atoms with Gasteiger partial charge in [0.25, 0.3) is 0 Å². The number of allylic oxidation sites excluding steroid dienone is 2. The number of aromatic nitrogens is 2. The highest BCUT2D eigenvalue weighted by Crippen LogP contribution is 2.20. The molecule has 2 N–H and O–H groups in total. The number of aliphatic imine (C=N–C) groups is 1. The zero-order valence-electron chi connectivity index (χ0n) is 16.4. The number of piperazine rings is 1. The van der Waals surface area contributed by atoms with Crippen molar-refractivity contribution in [2.75, 3.05) is 42.9 Å². The number of aliphatic hydroxyl groups is 1. The summed E-state index contributed by atoms with van der Waals surface area (Å²) < 4.78 is 37.7. The molecule has 1 aromatic heterocycles. The van der Waals surface area contributed by atoms with Crippen molar-refractivity contribution < 1.29 is 18.3 Å². The van der Waals surface area contributed by atoms with Crippen molar-refractivity contribution in [3.8, 4) is 0 Å². The van der Waals surface area contributed by atoms with E-state index in [0.29, 0.717) is 24.7 Å². The van der Waals surface area contributed by atoms with Gasteiger partial charge >= 0.3 is 6.18 Å². The summed E-state index contributed by atoms with van der Waals surface area (Å²) in [6.45, 7) is 3.34. The zero-order chi connectivity index (χ0) is 21.6. The Balaban J connectivity index is 1.65. The molecule has 3 rings (SSSR count). The van der Waals surface area contributed by atoms with Crippen molar-refractivity contribution in [2.24, 2.45) is 10.1 Å². The summed E-state index contributed by atoms with van der Waals surface area (Å²) in [6.07, 6.45) is 4.14. The highest BCUT2D eigenvalue weighted by Gasteiger charge is 2.29. The van der Waals surface area contributed by atoms with E-state index in [1.165, 1.54) is 11.3 Å². The van der Waals surface area contributed by atoms with Crippen molar-refractivity contribution in [1.29, 1.82) is 0 Å². The molecule has 162 valence electrons. The maximum Gasteiger partial charge on any atom is 0.408 e. The van der Waals surface area contributed by atoms with Crippen LogP contribution in [0.5, 0.6) is 0 Å². The highest BCUT2D eigenvalue weighted by molar-refractivity contribution is 5.88. The minimum Gasteiger partial charge on any atom is -0.387 e. The van der Waals surface area contributed by atoms with Gasteiger partial charge in [0.1, 0.15) is 30.3 Å². The van der Waals surface area contributed by atoms with Gasteiger partial charge in [-0.2, -0.15) is 18.3 Å². The van der Waals surface area contributed by atoms with E-state index in [0.717, 1.165) is 18.4 Å². The Morgan fingerprint density at radius 3 is 2.80 bits per heavy atom. The molecule has 0 amide bonds. The molecule has 0 radical (unpaired) electrons. The number of aliphatic hydroxyl groups excluding tert-OH is 1. The summed E-state index contributed by atoms with van der Waals surface area (Å²) in [5.41, 5.74) is 0.863. The fraction of sp³-hybridized carbons (Fsp3) is 0.474. The van der Waals surface area contributed by atoms with Crippen LogP contribution in [0, 0.1) is 0 Å². The molecule has 30 heavy (non-hydrogen) atoms. The molecule has 1 atom stereocenters. The van der Waals surface area contributed by atoms with Gasteiger partial charge in [0, 0.05) is 25.9 Å². The number of nitrogens with one attached hydrogen (secondary N) is 1. The van der Waals surface area contributed by atoms with Crippen LogP contribution in [0.3, 0.4) is 0 Å². The van der Waals surface area contributed by atoms with Crippen LogP contribution in [-0.4, -0.2) is 77.6 Å². The average Bonchev–Trinajstić information content (AvgIpc) is 2.76. The van der Waals surface area contributed by atoms with Gasteiger partial charge in [-0.3, -0.25) is 4.99 Å². The van der Waals surface area contributed by atoms with Crippen LogP contribution in [0.25, 0.3) is 0 Å². The first-order valence-electron chi connectivity index (χ1n) is 9.55. The van der Waals surface area contributed by atoms with Crippen LogP contribution in [0.2, 0.25) is 0 Å². The third-order valence-electron chi connectivity index (χ3n) is 4.69. The third kappa shape index (κ3) is 6.02. The third-order valence-corrected chi connectivity index (χ3v) is 4.69. The van der Waals surface area contributed by atoms with Crippen LogP contribution in [0.1, 0.15) is 12.8 Å². The molecule has 1 aromatic rings. The Bertz CT molecular complexity index is 838. The molecule has 1 saturated heterocycles. The minimum atomic E-state index is -4.39. The Labute approximate surface area is 172 Å². The number of halogens is 3. The summed E-state index contributed by atoms with van der Waals surface area (Å²) in [6, 6.07) is 1.69. The minimum absolute atomic E-state index is 0.117. The predicted octanol–water partition coefficient (Wildman–Crippen LogP) is 2.22. The second kappa shape index (κ2) is 9.70. The van der Waals surface area contributed by atoms with Crippen LogP contribution < -0.4 is 10.2 Å². The second-order valence-electron chi connectivity index (χ2n) is 6.88. The SMILES string of the molecule is C=NN1CCN(c2cc(NC[C@H](O)C3=CCCC=C3)ncn2)CC1=NCC(F)(F)F. The molecule has 0 saturated carbocycles. The van der Waals surface area contributed by atoms with Crippen molar-refractivity contribution in [3.63, 3.8) is 0 Å². The smallest absolute Gasteiger partial charge is 0.387 e. The monoisotopic (exact) mass is 423 g/mol. The first-order chi connectivity index (χ1) is 14.4. The number of hydrogen-bond acceptors (Lipinski definition) is 7. The Hall–Kier alpha value is -2.95. The fourth-order valence-corrected chi connectivity index (χ4v) is 3.15. The van der Waals surface area contributed by atoms with Crippen molar-refractivity contribution in [1.82, 2.24) is 15.0 Å². The van der Waals surface area contributed by atoms with Gasteiger partial charge in [0.15, 0.2) is 0 Å². The quantitative estimate of drug-likeness (QED) is 0.654. The number of rotatable bonds is 7. The van der Waals surface area contributed by atoms with Gasteiger partial charge in [0.05, 0.1) is 19.2 Å². The molecule has 8 nitrogen and oxygen atoms in total. The van der Waals surface area contributed by atoms with E-state index in [2.05, 4.69) is 32.1 Å². The van der Waals surface area contributed by atoms with E-state index in [1.54, 1.807) is 11.0 Å². The molecule has 1 fully saturated rings. The molecular formula is C19H24F3N7O. The first kappa shape index (κ1) is 21.8. The lowest BCUT2D eigenvalue weighted by atomic mass is 10.0. The maximum atomic E-state index is 12.6. The molecule has 2 heterocycles. The van der Waals surface area contributed by atoms with E-state index in [1.807, 2.05) is 18.2 Å². The molecule has 1 aliphatic heterocycles. The number of alkyl halides is 3. The lowest BCUT2D eigenvalue weighted by molar-refractivity contribution is -0.118. The van der Waals surface area contributed by atoms with E-state index in [9.17, 15) is 18.3 Å². The van der Waals surface area contributed by atoms with E-state index >= 15 is 0 Å². The topological polar surface area (TPSA) is 89.2 Å². The predicted molar refractivity (Wildman–Crippen MR) is 110 cm³/mol. The molecule has 0 unspecified atom stereocenters. The number of anilines is 2. The number of amidine groups is 1. The Kier molecular flexibility index (Phi) is 7.03. The molecular weight excluding hydrogens is 399 g/mol. The van der Waals surface area contributed by atoms with Crippen LogP contribution in [0.15, 0.2) is 46.3 Å². The van der Waals surface area contributed by atoms with E-state index < -0.39 is 18.8 Å². The second-order valence-corrected chi connectivity index (χ2v) is 6.88. The van der Waals surface area contributed by atoms with Gasteiger partial charge in [0.2, 0.25) is 0 Å². The van der Waals surface area contributed by atoms with Gasteiger partial charge in [-0.05, 0) is 18.4 Å². The molecule has 0 aromatic carbocycles. The van der Waals surface area contributed by atoms with Crippen LogP contribution >= 0.6 is 0 Å². The van der Waals surface area contributed by atoms with Gasteiger partial charge in [-0.1, -0.05) is 18.2 Å². The van der Waals surface area contributed by atoms with Crippen molar-refractivity contribution >= 4 is 24.2 Å². The van der Waals surface area contributed by atoms with Crippen LogP contribution in [-0.2, 0) is 0 Å². The summed E-state index contributed by atoms with van der Waals surface area (Å²) in [4.78, 5) is 13.8. The van der Waals surface area contributed by atoms with Gasteiger partial charge in [-0.25, -0.2) is 15.0 Å². The average molecular weight is 423 g/mol. The van der Waals surface area contributed by atoms with Crippen LogP contribution in [0.4, 0.5) is 24.8 Å². The number of nitrogens with zero attached hydrogens (tertiary/aromatic N) is 6. The molecule has 2 aliphatic rings. The Morgan fingerprint density at radius 2 is 2.10 bits per heavy atom. The summed E-state index contributed by atoms with van der Waals surface area (Å²) in [5, 5.41) is 18.5. The van der Waals surface area contributed by atoms with Crippen molar-refractivity contribution in [3.05, 3.63) is 36.2 Å². The molecule has 0 spiro atoms. The fourth-order valence-electron chi connectivity index (χ4n) is 3.15. The largest absolute Gasteiger partial charge is 0.408 e. The number of hydrazone groups is 1. The summed E-state index contributed by atoms with van der Waals surface area (Å²) >= 11 is 0. The van der Waals surface area contributed by atoms with E-state index in [-0.39, 0.29) is 18.9 Å². The molecule has 11 heteroatoms. The Morgan fingerprint density at radius 1 is 1.27 bits per heavy atom. The highest BCUT2D eigenvalue weighted by atomic mass is 19.4. The first-order valence-corrected chi connectivity index (χ1v) is 9.55. The molecule has 1 aliphatic carbocycles. The summed E-state index contributed by atoms with van der Waals surface area (Å²) in [7, 11) is 0. The van der Waals surface area contributed by atoms with Crippen molar-refractivity contribution in [2.45, 2.75) is 25.1 Å². The normalized spacial score (nSPS) is 19.6. The number of hydrogen-bond donors (Lipinski definition) is 2. The lowest BCUT2D eigenvalue weighted by Crippen LogP contribution is -2.48. The van der Waals surface area contributed by atoms with Gasteiger partial charge < -0.3 is 15.3 Å².